The average Bonchev–Trinajstić information content (AvgIpc) is 3.26. The van der Waals surface area contributed by atoms with Gasteiger partial charge in [-0.1, -0.05) is 44.2 Å². The van der Waals surface area contributed by atoms with Crippen molar-refractivity contribution in [1.82, 2.24) is 4.98 Å². The molecule has 32 heavy (non-hydrogen) atoms. The zero-order valence-electron chi connectivity index (χ0n) is 19.0. The van der Waals surface area contributed by atoms with E-state index in [2.05, 4.69) is 60.5 Å². The summed E-state index contributed by atoms with van der Waals surface area (Å²) in [5.41, 5.74) is 5.74. The maximum Gasteiger partial charge on any atom is 0.231 e. The zero-order valence-corrected chi connectivity index (χ0v) is 19.0. The molecule has 0 saturated carbocycles. The van der Waals surface area contributed by atoms with Gasteiger partial charge in [0.2, 0.25) is 12.7 Å². The number of anilines is 1. The van der Waals surface area contributed by atoms with E-state index >= 15 is 0 Å². The van der Waals surface area contributed by atoms with Crippen molar-refractivity contribution in [1.29, 1.82) is 0 Å². The summed E-state index contributed by atoms with van der Waals surface area (Å²) in [5, 5.41) is 2.97. The Morgan fingerprint density at radius 3 is 2.69 bits per heavy atom. The largest absolute Gasteiger partial charge is 0.454 e. The number of carbonyl (C=O) groups is 1. The van der Waals surface area contributed by atoms with Gasteiger partial charge in [0.15, 0.2) is 11.5 Å². The maximum atomic E-state index is 12.4. The predicted molar refractivity (Wildman–Crippen MR) is 127 cm³/mol. The van der Waals surface area contributed by atoms with Crippen molar-refractivity contribution >= 4 is 11.7 Å². The first-order chi connectivity index (χ1) is 15.5. The lowest BCUT2D eigenvalue weighted by Crippen LogP contribution is -2.13. The van der Waals surface area contributed by atoms with Gasteiger partial charge < -0.3 is 14.8 Å². The van der Waals surface area contributed by atoms with E-state index in [1.54, 1.807) is 0 Å². The lowest BCUT2D eigenvalue weighted by atomic mass is 9.93. The van der Waals surface area contributed by atoms with E-state index in [9.17, 15) is 4.79 Å². The molecule has 0 aliphatic carbocycles. The third-order valence-corrected chi connectivity index (χ3v) is 5.79. The molecule has 5 nitrogen and oxygen atoms in total. The topological polar surface area (TPSA) is 60.5 Å². The average molecular weight is 431 g/mol. The molecular weight excluding hydrogens is 400 g/mol. The van der Waals surface area contributed by atoms with Crippen molar-refractivity contribution in [2.45, 2.75) is 52.4 Å². The van der Waals surface area contributed by atoms with Gasteiger partial charge in [-0.05, 0) is 72.6 Å². The molecule has 1 aromatic heterocycles. The van der Waals surface area contributed by atoms with Crippen LogP contribution in [-0.2, 0) is 11.2 Å². The summed E-state index contributed by atoms with van der Waals surface area (Å²) in [6, 6.07) is 16.5. The Morgan fingerprint density at radius 2 is 1.88 bits per heavy atom. The minimum Gasteiger partial charge on any atom is -0.454 e. The van der Waals surface area contributed by atoms with Gasteiger partial charge in [0.05, 0.1) is 0 Å². The molecule has 2 heterocycles. The Kier molecular flexibility index (Phi) is 6.74. The number of rotatable bonds is 8. The number of nitrogens with zero attached hydrogens (tertiary/aromatic N) is 1. The van der Waals surface area contributed by atoms with Crippen LogP contribution in [0, 0.1) is 6.92 Å². The standard InChI is InChI=1S/C27H30N2O3/c1-18(2)22-9-5-6-10-23(22)21-14-19(3)27(28-16-21)29-26(30)11-7-4-8-20-12-13-24-25(15-20)32-17-31-24/h5-6,9-10,12-16,18H,4,7-8,11,17H2,1-3H3,(H,28,29,30). The van der Waals surface area contributed by atoms with Crippen LogP contribution in [0.25, 0.3) is 11.1 Å². The van der Waals surface area contributed by atoms with E-state index in [4.69, 9.17) is 9.47 Å². The highest BCUT2D eigenvalue weighted by Crippen LogP contribution is 2.33. The normalized spacial score (nSPS) is 12.2. The Labute approximate surface area is 189 Å². The van der Waals surface area contributed by atoms with E-state index < -0.39 is 0 Å². The van der Waals surface area contributed by atoms with Crippen molar-refractivity contribution in [2.75, 3.05) is 12.1 Å². The fraction of sp³-hybridized carbons (Fsp3) is 0.333. The molecule has 2 aromatic carbocycles. The summed E-state index contributed by atoms with van der Waals surface area (Å²) in [4.78, 5) is 17.0. The Bertz CT molecular complexity index is 1110. The molecule has 0 bridgehead atoms. The van der Waals surface area contributed by atoms with Gasteiger partial charge >= 0.3 is 0 Å². The van der Waals surface area contributed by atoms with Gasteiger partial charge in [0, 0.05) is 18.2 Å². The SMILES string of the molecule is Cc1cc(-c2ccccc2C(C)C)cnc1NC(=O)CCCCc1ccc2c(c1)OCO2. The molecule has 1 aliphatic rings. The van der Waals surface area contributed by atoms with Crippen LogP contribution in [0.4, 0.5) is 5.82 Å². The van der Waals surface area contributed by atoms with Crippen LogP contribution in [0.2, 0.25) is 0 Å². The van der Waals surface area contributed by atoms with Crippen LogP contribution >= 0.6 is 0 Å². The molecule has 1 N–H and O–H groups in total. The summed E-state index contributed by atoms with van der Waals surface area (Å²) in [6.07, 6.45) is 4.99. The Morgan fingerprint density at radius 1 is 1.06 bits per heavy atom. The zero-order chi connectivity index (χ0) is 22.5. The number of hydrogen-bond acceptors (Lipinski definition) is 4. The van der Waals surface area contributed by atoms with E-state index in [1.165, 1.54) is 16.7 Å². The van der Waals surface area contributed by atoms with Crippen molar-refractivity contribution < 1.29 is 14.3 Å². The second kappa shape index (κ2) is 9.86. The number of nitrogens with one attached hydrogen (secondary N) is 1. The van der Waals surface area contributed by atoms with Gasteiger partial charge in [0.1, 0.15) is 5.82 Å². The maximum absolute atomic E-state index is 12.4. The quantitative estimate of drug-likeness (QED) is 0.429. The molecule has 0 saturated heterocycles. The van der Waals surface area contributed by atoms with Crippen LogP contribution < -0.4 is 14.8 Å². The monoisotopic (exact) mass is 430 g/mol. The van der Waals surface area contributed by atoms with E-state index in [-0.39, 0.29) is 12.7 Å². The van der Waals surface area contributed by atoms with Crippen molar-refractivity contribution in [2.24, 2.45) is 0 Å². The van der Waals surface area contributed by atoms with Crippen LogP contribution in [0.3, 0.4) is 0 Å². The minimum atomic E-state index is 0.00150. The highest BCUT2D eigenvalue weighted by Gasteiger charge is 2.14. The number of aromatic nitrogens is 1. The minimum absolute atomic E-state index is 0.00150. The fourth-order valence-corrected chi connectivity index (χ4v) is 4.02. The lowest BCUT2D eigenvalue weighted by Gasteiger charge is -2.14. The van der Waals surface area contributed by atoms with Crippen LogP contribution in [0.15, 0.2) is 54.7 Å². The van der Waals surface area contributed by atoms with Crippen LogP contribution in [0.1, 0.15) is 55.7 Å². The van der Waals surface area contributed by atoms with Crippen LogP contribution in [0.5, 0.6) is 11.5 Å². The molecule has 0 spiro atoms. The molecular formula is C27H30N2O3. The second-order valence-corrected chi connectivity index (χ2v) is 8.57. The second-order valence-electron chi connectivity index (χ2n) is 8.57. The van der Waals surface area contributed by atoms with E-state index in [0.29, 0.717) is 18.2 Å². The predicted octanol–water partition coefficient (Wildman–Crippen LogP) is 6.26. The number of ether oxygens (including phenoxy) is 2. The molecule has 3 aromatic rings. The molecule has 4 rings (SSSR count). The number of hydrogen-bond donors (Lipinski definition) is 1. The number of amides is 1. The molecule has 0 unspecified atom stereocenters. The van der Waals surface area contributed by atoms with Gasteiger partial charge in [-0.2, -0.15) is 0 Å². The number of pyridine rings is 1. The Balaban J connectivity index is 1.30. The molecule has 0 atom stereocenters. The smallest absolute Gasteiger partial charge is 0.231 e. The lowest BCUT2D eigenvalue weighted by molar-refractivity contribution is -0.116. The third kappa shape index (κ3) is 5.10. The summed E-state index contributed by atoms with van der Waals surface area (Å²) in [5.74, 6) is 2.68. The first kappa shape index (κ1) is 21.9. The number of aryl methyl sites for hydroxylation is 2. The number of fused-ring (bicyclic) bond motifs is 1. The van der Waals surface area contributed by atoms with E-state index in [1.807, 2.05) is 25.3 Å². The van der Waals surface area contributed by atoms with Gasteiger partial charge in [-0.25, -0.2) is 4.98 Å². The number of unbranched alkanes of at least 4 members (excludes halogenated alkanes) is 1. The first-order valence-electron chi connectivity index (χ1n) is 11.3. The highest BCUT2D eigenvalue weighted by atomic mass is 16.7. The fourth-order valence-electron chi connectivity index (χ4n) is 4.02. The first-order valence-corrected chi connectivity index (χ1v) is 11.3. The van der Waals surface area contributed by atoms with Crippen molar-refractivity contribution in [3.05, 3.63) is 71.4 Å². The summed E-state index contributed by atoms with van der Waals surface area (Å²) in [6.45, 7) is 6.67. The van der Waals surface area contributed by atoms with Crippen molar-refractivity contribution in [3.8, 4) is 22.6 Å². The summed E-state index contributed by atoms with van der Waals surface area (Å²) >= 11 is 0. The number of benzene rings is 2. The van der Waals surface area contributed by atoms with Crippen LogP contribution in [-0.4, -0.2) is 17.7 Å². The molecule has 166 valence electrons. The summed E-state index contributed by atoms with van der Waals surface area (Å²) in [7, 11) is 0. The Hall–Kier alpha value is -3.34. The number of carbonyl (C=O) groups excluding carboxylic acids is 1. The van der Waals surface area contributed by atoms with Gasteiger partial charge in [-0.3, -0.25) is 4.79 Å². The van der Waals surface area contributed by atoms with E-state index in [0.717, 1.165) is 41.9 Å². The molecule has 1 amide bonds. The summed E-state index contributed by atoms with van der Waals surface area (Å²) < 4.78 is 10.8. The molecule has 0 radical (unpaired) electrons. The van der Waals surface area contributed by atoms with Gasteiger partial charge in [-0.15, -0.1) is 0 Å². The molecule has 5 heteroatoms. The third-order valence-electron chi connectivity index (χ3n) is 5.79. The van der Waals surface area contributed by atoms with Gasteiger partial charge in [0.25, 0.3) is 0 Å². The highest BCUT2D eigenvalue weighted by molar-refractivity contribution is 5.90. The van der Waals surface area contributed by atoms with Crippen molar-refractivity contribution in [3.63, 3.8) is 0 Å². The molecule has 1 aliphatic heterocycles. The molecule has 0 fully saturated rings.